The van der Waals surface area contributed by atoms with Gasteiger partial charge in [-0.1, -0.05) is 46.5 Å². The summed E-state index contributed by atoms with van der Waals surface area (Å²) in [7, 11) is 0. The molecule has 116 valence electrons. The van der Waals surface area contributed by atoms with E-state index in [1.54, 1.807) is 0 Å². The van der Waals surface area contributed by atoms with E-state index in [2.05, 4.69) is 26.1 Å². The van der Waals surface area contributed by atoms with Crippen molar-refractivity contribution in [3.63, 3.8) is 0 Å². The lowest BCUT2D eigenvalue weighted by Crippen LogP contribution is -2.64. The normalized spacial score (nSPS) is 35.5. The van der Waals surface area contributed by atoms with Gasteiger partial charge in [0.1, 0.15) is 5.54 Å². The van der Waals surface area contributed by atoms with Gasteiger partial charge in [0.15, 0.2) is 0 Å². The topological polar surface area (TPSA) is 55.1 Å². The van der Waals surface area contributed by atoms with Crippen molar-refractivity contribution in [2.75, 3.05) is 0 Å². The monoisotopic (exact) mass is 280 g/mol. The molecule has 2 aliphatic rings. The smallest absolute Gasteiger partial charge is 0.238 e. The molecule has 0 aromatic carbocycles. The number of carbonyl (C=O) groups excluding carboxylic acids is 1. The molecule has 3 heteroatoms. The molecule has 0 radical (unpaired) electrons. The highest BCUT2D eigenvalue weighted by Gasteiger charge is 2.48. The molecule has 2 atom stereocenters. The van der Waals surface area contributed by atoms with Gasteiger partial charge in [-0.05, 0) is 43.4 Å². The van der Waals surface area contributed by atoms with Gasteiger partial charge in [0.05, 0.1) is 0 Å². The predicted molar refractivity (Wildman–Crippen MR) is 83.3 cm³/mol. The fourth-order valence-corrected chi connectivity index (χ4v) is 4.33. The number of hydrogen-bond acceptors (Lipinski definition) is 2. The molecule has 0 heterocycles. The van der Waals surface area contributed by atoms with Gasteiger partial charge in [0.25, 0.3) is 0 Å². The quantitative estimate of drug-likeness (QED) is 0.779. The second kappa shape index (κ2) is 6.05. The molecule has 2 saturated carbocycles. The van der Waals surface area contributed by atoms with Crippen LogP contribution in [-0.2, 0) is 4.79 Å². The first-order chi connectivity index (χ1) is 9.36. The van der Waals surface area contributed by atoms with Crippen LogP contribution in [-0.4, -0.2) is 17.5 Å². The third kappa shape index (κ3) is 3.36. The van der Waals surface area contributed by atoms with Crippen molar-refractivity contribution < 1.29 is 4.79 Å². The van der Waals surface area contributed by atoms with E-state index in [0.717, 1.165) is 19.3 Å². The van der Waals surface area contributed by atoms with Gasteiger partial charge in [-0.2, -0.15) is 0 Å². The van der Waals surface area contributed by atoms with Crippen molar-refractivity contribution in [1.29, 1.82) is 0 Å². The average molecular weight is 280 g/mol. The van der Waals surface area contributed by atoms with Crippen LogP contribution in [0.25, 0.3) is 0 Å². The summed E-state index contributed by atoms with van der Waals surface area (Å²) < 4.78 is 0. The summed E-state index contributed by atoms with van der Waals surface area (Å²) in [6.07, 6.45) is 10.7. The molecular weight excluding hydrogens is 248 g/mol. The van der Waals surface area contributed by atoms with Crippen molar-refractivity contribution in [3.8, 4) is 0 Å². The van der Waals surface area contributed by atoms with Gasteiger partial charge < -0.3 is 11.1 Å². The Balaban J connectivity index is 2.11. The number of nitrogens with two attached hydrogens (primary N) is 1. The van der Waals surface area contributed by atoms with E-state index in [1.807, 2.05) is 0 Å². The highest BCUT2D eigenvalue weighted by atomic mass is 16.1. The molecular formula is C17H32N2O. The summed E-state index contributed by atoms with van der Waals surface area (Å²) in [4.78, 5) is 12.2. The third-order valence-corrected chi connectivity index (χ3v) is 5.65. The Morgan fingerprint density at radius 1 is 1.10 bits per heavy atom. The minimum absolute atomic E-state index is 0.134. The standard InChI is InChI=1S/C17H32N2O/c1-13-12-16(2,3)10-11-17(13,15(18)20)19-14-8-6-4-5-7-9-14/h13-14,19H,4-12H2,1-3H3,(H2,18,20). The number of primary amides is 1. The maximum Gasteiger partial charge on any atom is 0.238 e. The molecule has 3 N–H and O–H groups in total. The Morgan fingerprint density at radius 2 is 1.70 bits per heavy atom. The zero-order chi connectivity index (χ0) is 14.8. The van der Waals surface area contributed by atoms with E-state index < -0.39 is 5.54 Å². The lowest BCUT2D eigenvalue weighted by molar-refractivity contribution is -0.130. The van der Waals surface area contributed by atoms with Gasteiger partial charge in [0, 0.05) is 6.04 Å². The number of amides is 1. The minimum atomic E-state index is -0.468. The van der Waals surface area contributed by atoms with Crippen LogP contribution in [0, 0.1) is 11.3 Å². The van der Waals surface area contributed by atoms with E-state index in [1.165, 1.54) is 38.5 Å². The van der Waals surface area contributed by atoms with E-state index in [4.69, 9.17) is 5.73 Å². The maximum atomic E-state index is 12.2. The average Bonchev–Trinajstić information content (AvgIpc) is 2.60. The van der Waals surface area contributed by atoms with Crippen LogP contribution in [0.5, 0.6) is 0 Å². The van der Waals surface area contributed by atoms with E-state index in [9.17, 15) is 4.79 Å². The lowest BCUT2D eigenvalue weighted by Gasteiger charge is -2.48. The van der Waals surface area contributed by atoms with Crippen LogP contribution in [0.3, 0.4) is 0 Å². The van der Waals surface area contributed by atoms with E-state index in [0.29, 0.717) is 17.4 Å². The molecule has 2 fully saturated rings. The second-order valence-corrected chi connectivity index (χ2v) is 7.94. The minimum Gasteiger partial charge on any atom is -0.368 e. The lowest BCUT2D eigenvalue weighted by atomic mass is 9.63. The van der Waals surface area contributed by atoms with Crippen LogP contribution < -0.4 is 11.1 Å². The number of rotatable bonds is 3. The molecule has 0 aromatic heterocycles. The first-order valence-corrected chi connectivity index (χ1v) is 8.43. The Hall–Kier alpha value is -0.570. The van der Waals surface area contributed by atoms with Crippen LogP contribution in [0.2, 0.25) is 0 Å². The van der Waals surface area contributed by atoms with Crippen LogP contribution in [0.15, 0.2) is 0 Å². The highest BCUT2D eigenvalue weighted by molar-refractivity contribution is 5.85. The van der Waals surface area contributed by atoms with Crippen molar-refractivity contribution in [2.24, 2.45) is 17.1 Å². The zero-order valence-corrected chi connectivity index (χ0v) is 13.5. The third-order valence-electron chi connectivity index (χ3n) is 5.65. The van der Waals surface area contributed by atoms with Crippen LogP contribution >= 0.6 is 0 Å². The Morgan fingerprint density at radius 3 is 2.20 bits per heavy atom. The van der Waals surface area contributed by atoms with Gasteiger partial charge in [-0.15, -0.1) is 0 Å². The van der Waals surface area contributed by atoms with Crippen molar-refractivity contribution in [3.05, 3.63) is 0 Å². The van der Waals surface area contributed by atoms with Crippen molar-refractivity contribution in [1.82, 2.24) is 5.32 Å². The molecule has 0 spiro atoms. The number of carbonyl (C=O) groups is 1. The number of nitrogens with one attached hydrogen (secondary N) is 1. The predicted octanol–water partition coefficient (Wildman–Crippen LogP) is 3.37. The number of hydrogen-bond donors (Lipinski definition) is 2. The Kier molecular flexibility index (Phi) is 4.78. The van der Waals surface area contributed by atoms with Gasteiger partial charge in [0.2, 0.25) is 5.91 Å². The SMILES string of the molecule is CC1CC(C)(C)CCC1(NC1CCCCCC1)C(N)=O. The molecule has 0 saturated heterocycles. The van der Waals surface area contributed by atoms with Crippen molar-refractivity contribution in [2.45, 2.75) is 90.1 Å². The van der Waals surface area contributed by atoms with Gasteiger partial charge in [-0.25, -0.2) is 0 Å². The van der Waals surface area contributed by atoms with Gasteiger partial charge in [-0.3, -0.25) is 4.79 Å². The maximum absolute atomic E-state index is 12.2. The Labute approximate surface area is 124 Å². The summed E-state index contributed by atoms with van der Waals surface area (Å²) in [6.45, 7) is 6.81. The fraction of sp³-hybridized carbons (Fsp3) is 0.941. The summed E-state index contributed by atoms with van der Waals surface area (Å²) in [6, 6.07) is 0.480. The molecule has 1 amide bonds. The zero-order valence-electron chi connectivity index (χ0n) is 13.5. The molecule has 2 aliphatic carbocycles. The van der Waals surface area contributed by atoms with E-state index in [-0.39, 0.29) is 5.91 Å². The molecule has 0 aromatic rings. The molecule has 0 aliphatic heterocycles. The molecule has 0 bridgehead atoms. The summed E-state index contributed by atoms with van der Waals surface area (Å²) >= 11 is 0. The fourth-order valence-electron chi connectivity index (χ4n) is 4.33. The largest absolute Gasteiger partial charge is 0.368 e. The van der Waals surface area contributed by atoms with Crippen LogP contribution in [0.1, 0.15) is 78.6 Å². The Bertz CT molecular complexity index is 345. The van der Waals surface area contributed by atoms with Crippen LogP contribution in [0.4, 0.5) is 0 Å². The van der Waals surface area contributed by atoms with Crippen molar-refractivity contribution >= 4 is 5.91 Å². The molecule has 2 rings (SSSR count). The molecule has 3 nitrogen and oxygen atoms in total. The first kappa shape index (κ1) is 15.8. The van der Waals surface area contributed by atoms with E-state index >= 15 is 0 Å². The highest BCUT2D eigenvalue weighted by Crippen LogP contribution is 2.44. The summed E-state index contributed by atoms with van der Waals surface area (Å²) in [5, 5.41) is 3.72. The van der Waals surface area contributed by atoms with Gasteiger partial charge >= 0.3 is 0 Å². The molecule has 20 heavy (non-hydrogen) atoms. The second-order valence-electron chi connectivity index (χ2n) is 7.94. The first-order valence-electron chi connectivity index (χ1n) is 8.43. The summed E-state index contributed by atoms with van der Waals surface area (Å²) in [5.74, 6) is 0.191. The molecule has 2 unspecified atom stereocenters. The summed E-state index contributed by atoms with van der Waals surface area (Å²) in [5.41, 5.74) is 5.71.